The highest BCUT2D eigenvalue weighted by Crippen LogP contribution is 2.42. The molecule has 10 rings (SSSR count). The fraction of sp³-hybridized carbons (Fsp3) is 0. The van der Waals surface area contributed by atoms with Gasteiger partial charge in [0.1, 0.15) is 11.2 Å². The molecule has 2 nitrogen and oxygen atoms in total. The van der Waals surface area contributed by atoms with Crippen molar-refractivity contribution in [2.45, 2.75) is 0 Å². The number of aromatic nitrogens is 1. The van der Waals surface area contributed by atoms with Gasteiger partial charge in [0.2, 0.25) is 0 Å². The predicted octanol–water partition coefficient (Wildman–Crippen LogP) is 12.8. The monoisotopic (exact) mass is 611 g/mol. The highest BCUT2D eigenvalue weighted by Gasteiger charge is 2.19. The van der Waals surface area contributed by atoms with E-state index in [0.29, 0.717) is 0 Å². The van der Waals surface area contributed by atoms with Gasteiger partial charge in [-0.25, -0.2) is 0 Å². The number of benzene rings is 8. The summed E-state index contributed by atoms with van der Waals surface area (Å²) in [5, 5.41) is 7.18. The third-order valence-electron chi connectivity index (χ3n) is 9.74. The van der Waals surface area contributed by atoms with E-state index in [-0.39, 0.29) is 0 Å². The minimum atomic E-state index is 0.915. The van der Waals surface area contributed by atoms with E-state index in [2.05, 4.69) is 180 Å². The van der Waals surface area contributed by atoms with Gasteiger partial charge < -0.3 is 8.98 Å². The number of furan rings is 1. The van der Waals surface area contributed by atoms with Gasteiger partial charge in [-0.2, -0.15) is 0 Å². The highest BCUT2D eigenvalue weighted by atomic mass is 16.3. The van der Waals surface area contributed by atoms with Gasteiger partial charge in [-0.05, 0) is 105 Å². The van der Waals surface area contributed by atoms with Crippen LogP contribution in [0.15, 0.2) is 180 Å². The zero-order valence-corrected chi connectivity index (χ0v) is 26.1. The van der Waals surface area contributed by atoms with Crippen molar-refractivity contribution >= 4 is 54.5 Å². The van der Waals surface area contributed by atoms with Crippen LogP contribution in [0.4, 0.5) is 0 Å². The van der Waals surface area contributed by atoms with Gasteiger partial charge in [0.25, 0.3) is 0 Å². The Morgan fingerprint density at radius 2 is 0.896 bits per heavy atom. The number of fused-ring (bicyclic) bond motifs is 8. The van der Waals surface area contributed by atoms with Crippen molar-refractivity contribution in [1.29, 1.82) is 0 Å². The number of para-hydroxylation sites is 1. The van der Waals surface area contributed by atoms with Gasteiger partial charge >= 0.3 is 0 Å². The van der Waals surface area contributed by atoms with E-state index in [1.165, 1.54) is 71.3 Å². The number of nitrogens with zero attached hydrogens (tertiary/aromatic N) is 1. The normalized spacial score (nSPS) is 11.8. The van der Waals surface area contributed by atoms with Crippen LogP contribution in [0.1, 0.15) is 0 Å². The Balaban J connectivity index is 1.15. The topological polar surface area (TPSA) is 18.1 Å². The highest BCUT2D eigenvalue weighted by molar-refractivity contribution is 6.28. The SMILES string of the molecule is c1ccc(-c2cc(-c3ccccc3)cc(-c3ccc(-n4c5ccccc5c5c6c(ccc54)oc4cc5ccccc5cc46)cc3)c2)cc1. The van der Waals surface area contributed by atoms with Crippen molar-refractivity contribution in [3.63, 3.8) is 0 Å². The van der Waals surface area contributed by atoms with E-state index in [0.717, 1.165) is 22.2 Å². The molecule has 48 heavy (non-hydrogen) atoms. The molecule has 0 bridgehead atoms. The van der Waals surface area contributed by atoms with E-state index in [9.17, 15) is 0 Å². The first kappa shape index (κ1) is 26.8. The maximum Gasteiger partial charge on any atom is 0.136 e. The minimum absolute atomic E-state index is 0.915. The van der Waals surface area contributed by atoms with Crippen molar-refractivity contribution in [2.75, 3.05) is 0 Å². The second-order valence-electron chi connectivity index (χ2n) is 12.6. The van der Waals surface area contributed by atoms with Gasteiger partial charge in [-0.3, -0.25) is 0 Å². The summed E-state index contributed by atoms with van der Waals surface area (Å²) in [6.45, 7) is 0. The Bertz CT molecular complexity index is 2750. The zero-order valence-electron chi connectivity index (χ0n) is 26.1. The molecule has 0 saturated carbocycles. The van der Waals surface area contributed by atoms with Gasteiger partial charge in [-0.1, -0.05) is 115 Å². The largest absolute Gasteiger partial charge is 0.456 e. The summed E-state index contributed by atoms with van der Waals surface area (Å²) < 4.78 is 8.86. The zero-order chi connectivity index (χ0) is 31.6. The molecule has 0 amide bonds. The summed E-state index contributed by atoms with van der Waals surface area (Å²) in [6.07, 6.45) is 0. The first-order chi connectivity index (χ1) is 23.8. The number of hydrogen-bond acceptors (Lipinski definition) is 1. The summed E-state index contributed by atoms with van der Waals surface area (Å²) in [4.78, 5) is 0. The lowest BCUT2D eigenvalue weighted by Crippen LogP contribution is -1.94. The maximum atomic E-state index is 6.47. The molecule has 2 aromatic heterocycles. The van der Waals surface area contributed by atoms with Crippen LogP contribution in [-0.4, -0.2) is 4.57 Å². The molecule has 224 valence electrons. The Hall–Kier alpha value is -6.38. The van der Waals surface area contributed by atoms with Crippen molar-refractivity contribution < 1.29 is 4.42 Å². The third kappa shape index (κ3) is 4.20. The van der Waals surface area contributed by atoms with Crippen LogP contribution in [0.2, 0.25) is 0 Å². The Kier molecular flexibility index (Phi) is 5.91. The van der Waals surface area contributed by atoms with Crippen LogP contribution >= 0.6 is 0 Å². The molecule has 0 fully saturated rings. The van der Waals surface area contributed by atoms with Gasteiger partial charge in [0.15, 0.2) is 0 Å². The van der Waals surface area contributed by atoms with Crippen molar-refractivity contribution in [3.05, 3.63) is 176 Å². The molecular formula is C46H29NO. The van der Waals surface area contributed by atoms with Crippen LogP contribution in [0, 0.1) is 0 Å². The van der Waals surface area contributed by atoms with Crippen molar-refractivity contribution in [3.8, 4) is 39.1 Å². The molecule has 0 N–H and O–H groups in total. The summed E-state index contributed by atoms with van der Waals surface area (Å²) >= 11 is 0. The smallest absolute Gasteiger partial charge is 0.136 e. The van der Waals surface area contributed by atoms with E-state index < -0.39 is 0 Å². The quantitative estimate of drug-likeness (QED) is 0.194. The molecule has 0 unspecified atom stereocenters. The van der Waals surface area contributed by atoms with Gasteiger partial charge in [-0.15, -0.1) is 0 Å². The van der Waals surface area contributed by atoms with E-state index in [4.69, 9.17) is 4.42 Å². The summed E-state index contributed by atoms with van der Waals surface area (Å²) in [7, 11) is 0. The summed E-state index contributed by atoms with van der Waals surface area (Å²) in [5.41, 5.74) is 12.5. The second-order valence-corrected chi connectivity index (χ2v) is 12.6. The molecule has 0 spiro atoms. The summed E-state index contributed by atoms with van der Waals surface area (Å²) in [5.74, 6) is 0. The lowest BCUT2D eigenvalue weighted by atomic mass is 9.93. The molecular weight excluding hydrogens is 583 g/mol. The lowest BCUT2D eigenvalue weighted by molar-refractivity contribution is 0.670. The van der Waals surface area contributed by atoms with Crippen LogP contribution in [-0.2, 0) is 0 Å². The molecule has 2 heterocycles. The molecule has 0 aliphatic carbocycles. The maximum absolute atomic E-state index is 6.47. The number of rotatable bonds is 4. The average Bonchev–Trinajstić information content (AvgIpc) is 3.69. The fourth-order valence-electron chi connectivity index (χ4n) is 7.48. The first-order valence-electron chi connectivity index (χ1n) is 16.4. The first-order valence-corrected chi connectivity index (χ1v) is 16.4. The van der Waals surface area contributed by atoms with Crippen LogP contribution in [0.3, 0.4) is 0 Å². The van der Waals surface area contributed by atoms with Crippen molar-refractivity contribution in [1.82, 2.24) is 4.57 Å². The molecule has 2 heteroatoms. The molecule has 10 aromatic rings. The molecule has 0 atom stereocenters. The molecule has 0 radical (unpaired) electrons. The summed E-state index contributed by atoms with van der Waals surface area (Å²) in [6, 6.07) is 63.2. The van der Waals surface area contributed by atoms with E-state index in [1.807, 2.05) is 0 Å². The Morgan fingerprint density at radius 1 is 0.333 bits per heavy atom. The standard InChI is InChI=1S/C46H29NO/c1-3-11-30(12-4-1)35-25-36(31-13-5-2-6-14-31)27-37(26-35)32-19-21-38(22-20-32)47-41-18-10-9-17-39(41)45-42(47)23-24-43-46(45)40-28-33-15-7-8-16-34(33)29-44(40)48-43/h1-29H. The van der Waals surface area contributed by atoms with Crippen LogP contribution in [0.25, 0.3) is 93.6 Å². The third-order valence-corrected chi connectivity index (χ3v) is 9.74. The average molecular weight is 612 g/mol. The van der Waals surface area contributed by atoms with Crippen LogP contribution in [0.5, 0.6) is 0 Å². The second kappa shape index (κ2) is 10.6. The Labute approximate surface area is 277 Å². The van der Waals surface area contributed by atoms with E-state index in [1.54, 1.807) is 0 Å². The Morgan fingerprint density at radius 3 is 1.56 bits per heavy atom. The minimum Gasteiger partial charge on any atom is -0.456 e. The van der Waals surface area contributed by atoms with Gasteiger partial charge in [0, 0.05) is 27.2 Å². The lowest BCUT2D eigenvalue weighted by Gasteiger charge is -2.13. The predicted molar refractivity (Wildman–Crippen MR) is 202 cm³/mol. The fourth-order valence-corrected chi connectivity index (χ4v) is 7.48. The van der Waals surface area contributed by atoms with E-state index >= 15 is 0 Å². The number of hydrogen-bond donors (Lipinski definition) is 0. The molecule has 0 saturated heterocycles. The molecule has 8 aromatic carbocycles. The van der Waals surface area contributed by atoms with Crippen molar-refractivity contribution in [2.24, 2.45) is 0 Å². The van der Waals surface area contributed by atoms with Crippen LogP contribution < -0.4 is 0 Å². The molecule has 0 aliphatic heterocycles. The van der Waals surface area contributed by atoms with Gasteiger partial charge in [0.05, 0.1) is 11.0 Å². The molecule has 0 aliphatic rings.